The molecule has 0 unspecified atom stereocenters. The number of hydrogen-bond donors (Lipinski definition) is 1. The van der Waals surface area contributed by atoms with Gasteiger partial charge in [0.2, 0.25) is 6.79 Å². The summed E-state index contributed by atoms with van der Waals surface area (Å²) in [5.74, 6) is 0.278. The largest absolute Gasteiger partial charge is 0.455 e. The Bertz CT molecular complexity index is 922. The molecule has 0 atom stereocenters. The lowest BCUT2D eigenvalue weighted by Gasteiger charge is -2.30. The molecule has 2 aliphatic heterocycles. The fraction of sp³-hybridized carbons (Fsp3) is 0.381. The Morgan fingerprint density at radius 2 is 1.93 bits per heavy atom. The molecule has 4 rings (SSSR count). The van der Waals surface area contributed by atoms with E-state index in [0.29, 0.717) is 48.9 Å². The molecule has 0 radical (unpaired) electrons. The van der Waals surface area contributed by atoms with Crippen LogP contribution in [0.1, 0.15) is 28.1 Å². The van der Waals surface area contributed by atoms with E-state index >= 15 is 0 Å². The lowest BCUT2D eigenvalue weighted by molar-refractivity contribution is -0.153. The molecule has 2 aromatic rings. The fourth-order valence-corrected chi connectivity index (χ4v) is 4.12. The number of nitrogens with one attached hydrogen (secondary N) is 1. The average Bonchev–Trinajstić information content (AvgIpc) is 3.47. The minimum atomic E-state index is -0.392. The Morgan fingerprint density at radius 3 is 2.70 bits per heavy atom. The van der Waals surface area contributed by atoms with Crippen LogP contribution in [-0.4, -0.2) is 49.2 Å². The molecule has 2 amide bonds. The first-order chi connectivity index (χ1) is 14.6. The van der Waals surface area contributed by atoms with E-state index in [1.165, 1.54) is 11.3 Å². The smallest absolute Gasteiger partial charge is 0.309 e. The SMILES string of the molecule is O=C(COC(=O)C1CCN(C(=O)c2cccs2)CC1)NCc1ccc2c(c1)OCO2. The van der Waals surface area contributed by atoms with Crippen LogP contribution in [-0.2, 0) is 20.9 Å². The number of hydrogen-bond acceptors (Lipinski definition) is 7. The first-order valence-corrected chi connectivity index (χ1v) is 10.6. The van der Waals surface area contributed by atoms with Gasteiger partial charge in [0.05, 0.1) is 10.8 Å². The molecule has 3 heterocycles. The lowest BCUT2D eigenvalue weighted by atomic mass is 9.97. The number of nitrogens with zero attached hydrogens (tertiary/aromatic N) is 1. The molecule has 1 aromatic heterocycles. The summed E-state index contributed by atoms with van der Waals surface area (Å²) in [6, 6.07) is 9.08. The molecule has 30 heavy (non-hydrogen) atoms. The quantitative estimate of drug-likeness (QED) is 0.706. The van der Waals surface area contributed by atoms with Crippen molar-refractivity contribution < 1.29 is 28.6 Å². The Kier molecular flexibility index (Phi) is 6.18. The number of ether oxygens (including phenoxy) is 3. The fourth-order valence-electron chi connectivity index (χ4n) is 3.43. The van der Waals surface area contributed by atoms with Crippen molar-refractivity contribution in [1.82, 2.24) is 10.2 Å². The monoisotopic (exact) mass is 430 g/mol. The number of benzene rings is 1. The number of rotatable bonds is 6. The number of likely N-dealkylation sites (tertiary alicyclic amines) is 1. The molecule has 2 aliphatic rings. The molecule has 9 heteroatoms. The van der Waals surface area contributed by atoms with E-state index in [9.17, 15) is 14.4 Å². The predicted molar refractivity (Wildman–Crippen MR) is 108 cm³/mol. The summed E-state index contributed by atoms with van der Waals surface area (Å²) in [5, 5.41) is 4.59. The van der Waals surface area contributed by atoms with Crippen LogP contribution in [0.2, 0.25) is 0 Å². The van der Waals surface area contributed by atoms with Crippen LogP contribution >= 0.6 is 11.3 Å². The highest BCUT2D eigenvalue weighted by atomic mass is 32.1. The third-order valence-electron chi connectivity index (χ3n) is 5.12. The van der Waals surface area contributed by atoms with Crippen molar-refractivity contribution >= 4 is 29.1 Å². The maximum Gasteiger partial charge on any atom is 0.309 e. The van der Waals surface area contributed by atoms with Gasteiger partial charge >= 0.3 is 5.97 Å². The van der Waals surface area contributed by atoms with E-state index in [2.05, 4.69) is 5.32 Å². The summed E-state index contributed by atoms with van der Waals surface area (Å²) in [6.45, 7) is 1.19. The minimum absolute atomic E-state index is 0.000266. The molecule has 0 aliphatic carbocycles. The topological polar surface area (TPSA) is 94.2 Å². The number of carbonyl (C=O) groups is 3. The molecule has 1 aromatic carbocycles. The van der Waals surface area contributed by atoms with Gasteiger partial charge in [-0.05, 0) is 42.0 Å². The van der Waals surface area contributed by atoms with E-state index in [0.717, 1.165) is 5.56 Å². The van der Waals surface area contributed by atoms with Gasteiger partial charge in [0.15, 0.2) is 18.1 Å². The van der Waals surface area contributed by atoms with Crippen molar-refractivity contribution in [2.24, 2.45) is 5.92 Å². The highest BCUT2D eigenvalue weighted by Gasteiger charge is 2.29. The normalized spacial score (nSPS) is 15.7. The maximum absolute atomic E-state index is 12.4. The Balaban J connectivity index is 1.17. The van der Waals surface area contributed by atoms with Crippen molar-refractivity contribution in [2.45, 2.75) is 19.4 Å². The summed E-state index contributed by atoms with van der Waals surface area (Å²) < 4.78 is 15.7. The number of carbonyl (C=O) groups excluding carboxylic acids is 3. The van der Waals surface area contributed by atoms with Gasteiger partial charge < -0.3 is 24.4 Å². The molecular weight excluding hydrogens is 408 g/mol. The van der Waals surface area contributed by atoms with Crippen LogP contribution in [0.25, 0.3) is 0 Å². The average molecular weight is 430 g/mol. The molecule has 8 nitrogen and oxygen atoms in total. The summed E-state index contributed by atoms with van der Waals surface area (Å²) in [5.41, 5.74) is 0.863. The van der Waals surface area contributed by atoms with Gasteiger partial charge in [-0.15, -0.1) is 11.3 Å². The zero-order chi connectivity index (χ0) is 20.9. The number of piperidine rings is 1. The molecular formula is C21H22N2O6S. The number of amides is 2. The third-order valence-corrected chi connectivity index (χ3v) is 5.98. The van der Waals surface area contributed by atoms with E-state index in [4.69, 9.17) is 14.2 Å². The van der Waals surface area contributed by atoms with Crippen molar-refractivity contribution in [1.29, 1.82) is 0 Å². The highest BCUT2D eigenvalue weighted by molar-refractivity contribution is 7.12. The zero-order valence-electron chi connectivity index (χ0n) is 16.3. The summed E-state index contributed by atoms with van der Waals surface area (Å²) in [4.78, 5) is 39.1. The highest BCUT2D eigenvalue weighted by Crippen LogP contribution is 2.32. The standard InChI is InChI=1S/C21H22N2O6S/c24-19(22-11-14-3-4-16-17(10-14)29-13-28-16)12-27-21(26)15-5-7-23(8-6-15)20(25)18-2-1-9-30-18/h1-4,9-10,15H,5-8,11-13H2,(H,22,24). The maximum atomic E-state index is 12.4. The van der Waals surface area contributed by atoms with E-state index in [1.807, 2.05) is 17.5 Å². The van der Waals surface area contributed by atoms with Gasteiger partial charge in [0.25, 0.3) is 11.8 Å². The van der Waals surface area contributed by atoms with Gasteiger partial charge in [-0.1, -0.05) is 12.1 Å². The summed E-state index contributed by atoms with van der Waals surface area (Å²) in [6.07, 6.45) is 1.07. The van der Waals surface area contributed by atoms with Crippen LogP contribution in [0, 0.1) is 5.92 Å². The second-order valence-corrected chi connectivity index (χ2v) is 8.06. The molecule has 0 spiro atoms. The van der Waals surface area contributed by atoms with E-state index in [1.54, 1.807) is 23.1 Å². The minimum Gasteiger partial charge on any atom is -0.455 e. The predicted octanol–water partition coefficient (Wildman–Crippen LogP) is 2.19. The van der Waals surface area contributed by atoms with Crippen molar-refractivity contribution in [3.05, 3.63) is 46.2 Å². The van der Waals surface area contributed by atoms with Crippen molar-refractivity contribution in [3.63, 3.8) is 0 Å². The van der Waals surface area contributed by atoms with Crippen LogP contribution in [0.15, 0.2) is 35.7 Å². The molecule has 1 saturated heterocycles. The van der Waals surface area contributed by atoms with Crippen LogP contribution in [0.4, 0.5) is 0 Å². The van der Waals surface area contributed by atoms with Crippen molar-refractivity contribution in [2.75, 3.05) is 26.5 Å². The Morgan fingerprint density at radius 1 is 1.13 bits per heavy atom. The van der Waals surface area contributed by atoms with Gasteiger partial charge in [-0.25, -0.2) is 0 Å². The first-order valence-electron chi connectivity index (χ1n) is 9.75. The second kappa shape index (κ2) is 9.17. The number of fused-ring (bicyclic) bond motifs is 1. The third kappa shape index (κ3) is 4.73. The Labute approximate surface area is 177 Å². The van der Waals surface area contributed by atoms with Gasteiger partial charge in [-0.2, -0.15) is 0 Å². The van der Waals surface area contributed by atoms with Crippen molar-refractivity contribution in [3.8, 4) is 11.5 Å². The summed E-state index contributed by atoms with van der Waals surface area (Å²) in [7, 11) is 0. The zero-order valence-corrected chi connectivity index (χ0v) is 17.1. The number of esters is 1. The Hall–Kier alpha value is -3.07. The van der Waals surface area contributed by atoms with Gasteiger partial charge in [0, 0.05) is 19.6 Å². The van der Waals surface area contributed by atoms with Crippen LogP contribution in [0.5, 0.6) is 11.5 Å². The van der Waals surface area contributed by atoms with E-state index in [-0.39, 0.29) is 31.1 Å². The van der Waals surface area contributed by atoms with Crippen LogP contribution in [0.3, 0.4) is 0 Å². The number of thiophene rings is 1. The van der Waals surface area contributed by atoms with E-state index < -0.39 is 5.97 Å². The summed E-state index contributed by atoms with van der Waals surface area (Å²) >= 11 is 1.41. The first kappa shape index (κ1) is 20.2. The second-order valence-electron chi connectivity index (χ2n) is 7.12. The van der Waals surface area contributed by atoms with Crippen LogP contribution < -0.4 is 14.8 Å². The molecule has 0 saturated carbocycles. The molecule has 1 fully saturated rings. The van der Waals surface area contributed by atoms with Gasteiger partial charge in [0.1, 0.15) is 0 Å². The van der Waals surface area contributed by atoms with Gasteiger partial charge in [-0.3, -0.25) is 14.4 Å². The molecule has 1 N–H and O–H groups in total. The molecule has 0 bridgehead atoms. The lowest BCUT2D eigenvalue weighted by Crippen LogP contribution is -2.41. The molecule has 158 valence electrons.